The van der Waals surface area contributed by atoms with E-state index < -0.39 is 0 Å². The van der Waals surface area contributed by atoms with Crippen molar-refractivity contribution in [3.05, 3.63) is 64.2 Å². The number of ketones is 1. The lowest BCUT2D eigenvalue weighted by atomic mass is 9.78. The minimum atomic E-state index is -0.313. The van der Waals surface area contributed by atoms with Crippen molar-refractivity contribution in [1.29, 1.82) is 5.41 Å². The summed E-state index contributed by atoms with van der Waals surface area (Å²) in [4.78, 5) is 15.5. The minimum Gasteiger partial charge on any atom is -0.507 e. The van der Waals surface area contributed by atoms with Crippen molar-refractivity contribution < 1.29 is 15.0 Å². The summed E-state index contributed by atoms with van der Waals surface area (Å²) < 4.78 is 0. The largest absolute Gasteiger partial charge is 0.507 e. The van der Waals surface area contributed by atoms with E-state index in [9.17, 15) is 15.0 Å². The van der Waals surface area contributed by atoms with Crippen LogP contribution in [0.4, 0.5) is 0 Å². The molecule has 1 aliphatic heterocycles. The summed E-state index contributed by atoms with van der Waals surface area (Å²) in [6, 6.07) is 11.4. The predicted molar refractivity (Wildman–Crippen MR) is 143 cm³/mol. The third-order valence-electron chi connectivity index (χ3n) is 7.16. The Morgan fingerprint density at radius 3 is 2.14 bits per heavy atom. The molecule has 1 saturated heterocycles. The molecule has 190 valence electrons. The van der Waals surface area contributed by atoms with Crippen LogP contribution in [0.2, 0.25) is 0 Å². The van der Waals surface area contributed by atoms with Crippen LogP contribution in [0.1, 0.15) is 99.8 Å². The molecule has 1 aliphatic rings. The maximum Gasteiger partial charge on any atom is 0.182 e. The van der Waals surface area contributed by atoms with E-state index in [-0.39, 0.29) is 47.4 Å². The highest BCUT2D eigenvalue weighted by atomic mass is 16.3. The quantitative estimate of drug-likeness (QED) is 0.416. The number of hydrogen-bond acceptors (Lipinski definition) is 4. The Morgan fingerprint density at radius 1 is 1.06 bits per heavy atom. The van der Waals surface area contributed by atoms with Crippen LogP contribution in [0.3, 0.4) is 0 Å². The number of phenolic OH excluding ortho intramolecular Hbond substituents is 1. The van der Waals surface area contributed by atoms with Crippen molar-refractivity contribution in [1.82, 2.24) is 4.90 Å². The molecule has 0 amide bonds. The molecule has 2 aromatic rings. The van der Waals surface area contributed by atoms with Gasteiger partial charge in [0.15, 0.2) is 5.78 Å². The van der Waals surface area contributed by atoms with Gasteiger partial charge in [-0.05, 0) is 46.4 Å². The van der Waals surface area contributed by atoms with Gasteiger partial charge in [0.25, 0.3) is 0 Å². The van der Waals surface area contributed by atoms with Crippen LogP contribution in [0.15, 0.2) is 36.4 Å². The van der Waals surface area contributed by atoms with Crippen LogP contribution in [0, 0.1) is 11.3 Å². The smallest absolute Gasteiger partial charge is 0.182 e. The molecule has 2 aromatic carbocycles. The Bertz CT molecular complexity index is 1060. The monoisotopic (exact) mass is 478 g/mol. The average molecular weight is 479 g/mol. The number of carbonyl (C=O) groups is 1. The maximum atomic E-state index is 13.6. The van der Waals surface area contributed by atoms with E-state index in [1.165, 1.54) is 0 Å². The first-order valence-electron chi connectivity index (χ1n) is 12.7. The number of aliphatic hydroxyl groups is 1. The fourth-order valence-electron chi connectivity index (χ4n) is 5.27. The van der Waals surface area contributed by atoms with Crippen LogP contribution >= 0.6 is 0 Å². The fraction of sp³-hybridized carbons (Fsp3) is 0.533. The Hall–Kier alpha value is -2.66. The van der Waals surface area contributed by atoms with Gasteiger partial charge in [0.2, 0.25) is 0 Å². The standard InChI is InChI=1S/C30H42N2O3/c1-8-11-19-16-32(28(31)26(19)22-13-10-9-12-20(22)18-33)17-25(34)21-14-23(29(2,3)4)27(35)24(15-21)30(5,6)7/h9-10,12-15,19,26,31,33,35H,8,11,16-18H2,1-7H3. The number of phenols is 1. The van der Waals surface area contributed by atoms with Gasteiger partial charge in [0.1, 0.15) is 11.6 Å². The molecule has 2 unspecified atom stereocenters. The number of nitrogens with zero attached hydrogens (tertiary/aromatic N) is 1. The summed E-state index contributed by atoms with van der Waals surface area (Å²) in [6.45, 7) is 15.1. The van der Waals surface area contributed by atoms with Gasteiger partial charge >= 0.3 is 0 Å². The SMILES string of the molecule is CCCC1CN(CC(=O)c2cc(C(C)(C)C)c(O)c(C(C)(C)C)c2)C(=N)C1c1ccccc1CO. The number of carbonyl (C=O) groups excluding carboxylic acids is 1. The molecule has 2 atom stereocenters. The summed E-state index contributed by atoms with van der Waals surface area (Å²) in [7, 11) is 0. The molecule has 1 heterocycles. The normalized spacial score (nSPS) is 18.9. The summed E-state index contributed by atoms with van der Waals surface area (Å²) in [5, 5.41) is 29.9. The van der Waals surface area contributed by atoms with E-state index in [0.29, 0.717) is 17.9 Å². The minimum absolute atomic E-state index is 0.0444. The van der Waals surface area contributed by atoms with Crippen molar-refractivity contribution in [2.75, 3.05) is 13.1 Å². The lowest BCUT2D eigenvalue weighted by molar-refractivity contribution is 0.0963. The van der Waals surface area contributed by atoms with E-state index in [1.807, 2.05) is 82.8 Å². The summed E-state index contributed by atoms with van der Waals surface area (Å²) in [6.07, 6.45) is 1.96. The molecule has 0 saturated carbocycles. The third-order valence-corrected chi connectivity index (χ3v) is 7.16. The first-order chi connectivity index (χ1) is 16.3. The molecule has 3 rings (SSSR count). The second-order valence-corrected chi connectivity index (χ2v) is 12.0. The Labute approximate surface area is 210 Å². The molecule has 0 spiro atoms. The van der Waals surface area contributed by atoms with Gasteiger partial charge in [-0.25, -0.2) is 0 Å². The molecule has 1 fully saturated rings. The molecule has 5 nitrogen and oxygen atoms in total. The van der Waals surface area contributed by atoms with Crippen molar-refractivity contribution in [3.63, 3.8) is 0 Å². The molecule has 0 aliphatic carbocycles. The number of nitrogens with one attached hydrogen (secondary N) is 1. The third kappa shape index (κ3) is 5.61. The second-order valence-electron chi connectivity index (χ2n) is 12.0. The van der Waals surface area contributed by atoms with Crippen LogP contribution < -0.4 is 0 Å². The highest BCUT2D eigenvalue weighted by Gasteiger charge is 2.39. The summed E-state index contributed by atoms with van der Waals surface area (Å²) >= 11 is 0. The number of aromatic hydroxyl groups is 1. The van der Waals surface area contributed by atoms with E-state index in [2.05, 4.69) is 6.92 Å². The zero-order chi connectivity index (χ0) is 26.1. The number of rotatable bonds is 7. The first kappa shape index (κ1) is 26.9. The molecule has 5 heteroatoms. The Morgan fingerprint density at radius 2 is 1.63 bits per heavy atom. The molecule has 3 N–H and O–H groups in total. The number of amidine groups is 1. The van der Waals surface area contributed by atoms with E-state index in [4.69, 9.17) is 5.41 Å². The van der Waals surface area contributed by atoms with E-state index >= 15 is 0 Å². The van der Waals surface area contributed by atoms with E-state index in [1.54, 1.807) is 0 Å². The van der Waals surface area contributed by atoms with E-state index in [0.717, 1.165) is 35.1 Å². The van der Waals surface area contributed by atoms with Gasteiger partial charge in [0, 0.05) is 29.2 Å². The number of aliphatic hydroxyl groups excluding tert-OH is 1. The first-order valence-corrected chi connectivity index (χ1v) is 12.7. The number of likely N-dealkylation sites (tertiary alicyclic amines) is 1. The van der Waals surface area contributed by atoms with Crippen molar-refractivity contribution in [2.24, 2.45) is 5.92 Å². The van der Waals surface area contributed by atoms with Crippen LogP contribution in [0.5, 0.6) is 5.75 Å². The van der Waals surface area contributed by atoms with Gasteiger partial charge < -0.3 is 15.1 Å². The fourth-order valence-corrected chi connectivity index (χ4v) is 5.27. The number of Topliss-reactive ketones (excluding diaryl/α,β-unsaturated/α-hetero) is 1. The lowest BCUT2D eigenvalue weighted by Crippen LogP contribution is -2.32. The average Bonchev–Trinajstić information content (AvgIpc) is 3.06. The zero-order valence-electron chi connectivity index (χ0n) is 22.4. The summed E-state index contributed by atoms with van der Waals surface area (Å²) in [5.41, 5.74) is 3.32. The molecule has 0 bridgehead atoms. The van der Waals surface area contributed by atoms with Crippen LogP contribution in [-0.4, -0.2) is 39.8 Å². The van der Waals surface area contributed by atoms with Crippen LogP contribution in [0.25, 0.3) is 0 Å². The van der Waals surface area contributed by atoms with Gasteiger partial charge in [-0.1, -0.05) is 79.2 Å². The molecule has 35 heavy (non-hydrogen) atoms. The number of hydrogen-bond donors (Lipinski definition) is 3. The van der Waals surface area contributed by atoms with Gasteiger partial charge in [0.05, 0.1) is 13.2 Å². The Balaban J connectivity index is 1.96. The maximum absolute atomic E-state index is 13.6. The molecule has 0 aromatic heterocycles. The van der Waals surface area contributed by atoms with Gasteiger partial charge in [-0.3, -0.25) is 10.2 Å². The van der Waals surface area contributed by atoms with Gasteiger partial charge in [-0.2, -0.15) is 0 Å². The molecular weight excluding hydrogens is 436 g/mol. The topological polar surface area (TPSA) is 84.6 Å². The second kappa shape index (κ2) is 10.1. The van der Waals surface area contributed by atoms with Gasteiger partial charge in [-0.15, -0.1) is 0 Å². The van der Waals surface area contributed by atoms with Crippen molar-refractivity contribution in [2.45, 2.75) is 84.7 Å². The Kier molecular flexibility index (Phi) is 7.80. The molecule has 0 radical (unpaired) electrons. The lowest BCUT2D eigenvalue weighted by Gasteiger charge is -2.28. The number of benzene rings is 2. The predicted octanol–water partition coefficient (Wildman–Crippen LogP) is 6.16. The molecular formula is C30H42N2O3. The van der Waals surface area contributed by atoms with Crippen LogP contribution in [-0.2, 0) is 17.4 Å². The van der Waals surface area contributed by atoms with Crippen molar-refractivity contribution >= 4 is 11.6 Å². The summed E-state index contributed by atoms with van der Waals surface area (Å²) in [5.74, 6) is 0.768. The highest BCUT2D eigenvalue weighted by molar-refractivity contribution is 6.01. The zero-order valence-corrected chi connectivity index (χ0v) is 22.4. The van der Waals surface area contributed by atoms with Crippen molar-refractivity contribution in [3.8, 4) is 5.75 Å². The highest BCUT2D eigenvalue weighted by Crippen LogP contribution is 2.41.